The average molecular weight is 460 g/mol. The number of carbonyl (C=O) groups is 4. The van der Waals surface area contributed by atoms with Crippen molar-refractivity contribution in [3.63, 3.8) is 0 Å². The van der Waals surface area contributed by atoms with Crippen LogP contribution < -0.4 is 15.3 Å². The molecule has 34 heavy (non-hydrogen) atoms. The fraction of sp³-hybridized carbons (Fsp3) is 0.120. The number of imide groups is 2. The predicted octanol–water partition coefficient (Wildman–Crippen LogP) is 2.57. The molecule has 0 spiro atoms. The van der Waals surface area contributed by atoms with E-state index >= 15 is 0 Å². The minimum Gasteiger partial charge on any atom is -0.545 e. The van der Waals surface area contributed by atoms with Crippen LogP contribution in [0.15, 0.2) is 54.1 Å². The van der Waals surface area contributed by atoms with Crippen LogP contribution in [0.1, 0.15) is 32.9 Å². The summed E-state index contributed by atoms with van der Waals surface area (Å²) in [5.41, 5.74) is 3.19. The number of carboxylic acid groups (broad SMARTS) is 1. The Morgan fingerprint density at radius 3 is 2.32 bits per heavy atom. The van der Waals surface area contributed by atoms with Crippen LogP contribution in [-0.4, -0.2) is 28.4 Å². The Morgan fingerprint density at radius 2 is 1.68 bits per heavy atom. The molecule has 2 aromatic carbocycles. The Kier molecular flexibility index (Phi) is 5.62. The Bertz CT molecular complexity index is 1400. The zero-order valence-corrected chi connectivity index (χ0v) is 18.5. The molecule has 172 valence electrons. The van der Waals surface area contributed by atoms with Gasteiger partial charge in [0.15, 0.2) is 0 Å². The van der Waals surface area contributed by atoms with Gasteiger partial charge in [0.2, 0.25) is 0 Å². The monoisotopic (exact) mass is 460 g/mol. The molecule has 2 heterocycles. The summed E-state index contributed by atoms with van der Waals surface area (Å²) in [5, 5.41) is 13.5. The SMILES string of the molecule is Cc1ccc(C(=O)[O-])cc1-n1c(C)cc(/C=C2\C(=O)NC(=O)N(c3ccc(F)cc3)C2=O)c1C. The molecule has 4 rings (SSSR count). The topological polar surface area (TPSA) is 112 Å². The molecule has 0 bridgehead atoms. The van der Waals surface area contributed by atoms with Crippen LogP contribution in [0.2, 0.25) is 0 Å². The van der Waals surface area contributed by atoms with Gasteiger partial charge in [0.25, 0.3) is 11.8 Å². The van der Waals surface area contributed by atoms with E-state index in [0.29, 0.717) is 16.9 Å². The van der Waals surface area contributed by atoms with E-state index in [0.717, 1.165) is 28.3 Å². The standard InChI is InChI=1S/C25H20FN3O5/c1-13-4-5-16(24(32)33)12-21(13)28-14(2)10-17(15(28)3)11-20-22(30)27-25(34)29(23(20)31)19-8-6-18(26)7-9-19/h4-12H,1-3H3,(H,32,33)(H,27,30,34)/p-1/b20-11+. The molecule has 3 aromatic rings. The second kappa shape index (κ2) is 8.43. The van der Waals surface area contributed by atoms with Crippen molar-refractivity contribution in [2.45, 2.75) is 20.8 Å². The molecule has 1 N–H and O–H groups in total. The molecule has 1 aliphatic heterocycles. The van der Waals surface area contributed by atoms with Gasteiger partial charge in [0.1, 0.15) is 11.4 Å². The van der Waals surface area contributed by atoms with E-state index < -0.39 is 29.6 Å². The Labute approximate surface area is 193 Å². The summed E-state index contributed by atoms with van der Waals surface area (Å²) in [7, 11) is 0. The summed E-state index contributed by atoms with van der Waals surface area (Å²) in [4.78, 5) is 50.0. The molecule has 1 aliphatic rings. The number of aromatic carboxylic acids is 1. The highest BCUT2D eigenvalue weighted by Crippen LogP contribution is 2.27. The lowest BCUT2D eigenvalue weighted by molar-refractivity contribution is -0.255. The maximum atomic E-state index is 13.3. The number of nitrogens with zero attached hydrogens (tertiary/aromatic N) is 2. The third kappa shape index (κ3) is 3.88. The number of rotatable bonds is 4. The van der Waals surface area contributed by atoms with Gasteiger partial charge in [-0.05, 0) is 79.9 Å². The van der Waals surface area contributed by atoms with E-state index in [9.17, 15) is 28.7 Å². The number of carboxylic acids is 1. The number of carbonyl (C=O) groups excluding carboxylic acids is 4. The summed E-state index contributed by atoms with van der Waals surface area (Å²) < 4.78 is 15.1. The minimum atomic E-state index is -1.30. The van der Waals surface area contributed by atoms with Gasteiger partial charge in [-0.2, -0.15) is 0 Å². The van der Waals surface area contributed by atoms with Gasteiger partial charge in [0.05, 0.1) is 11.7 Å². The molecule has 0 aliphatic carbocycles. The van der Waals surface area contributed by atoms with E-state index in [2.05, 4.69) is 5.32 Å². The van der Waals surface area contributed by atoms with Crippen molar-refractivity contribution < 1.29 is 28.7 Å². The van der Waals surface area contributed by atoms with Crippen molar-refractivity contribution in [1.82, 2.24) is 9.88 Å². The Balaban J connectivity index is 1.79. The van der Waals surface area contributed by atoms with Crippen molar-refractivity contribution in [2.75, 3.05) is 4.90 Å². The summed E-state index contributed by atoms with van der Waals surface area (Å²) in [6, 6.07) is 10.2. The number of aromatic nitrogens is 1. The molecule has 1 fully saturated rings. The average Bonchev–Trinajstić information content (AvgIpc) is 3.05. The van der Waals surface area contributed by atoms with Crippen molar-refractivity contribution in [1.29, 1.82) is 0 Å². The van der Waals surface area contributed by atoms with Gasteiger partial charge in [-0.15, -0.1) is 0 Å². The van der Waals surface area contributed by atoms with Crippen LogP contribution in [0.5, 0.6) is 0 Å². The van der Waals surface area contributed by atoms with Crippen LogP contribution in [0.4, 0.5) is 14.9 Å². The van der Waals surface area contributed by atoms with E-state index in [1.807, 2.05) is 11.5 Å². The van der Waals surface area contributed by atoms with Gasteiger partial charge < -0.3 is 14.5 Å². The first-order valence-corrected chi connectivity index (χ1v) is 10.3. The lowest BCUT2D eigenvalue weighted by Gasteiger charge is -2.26. The molecule has 0 atom stereocenters. The number of halogens is 1. The molecule has 0 radical (unpaired) electrons. The fourth-order valence-corrected chi connectivity index (χ4v) is 3.92. The van der Waals surface area contributed by atoms with Gasteiger partial charge >= 0.3 is 6.03 Å². The zero-order valence-electron chi connectivity index (χ0n) is 18.5. The quantitative estimate of drug-likeness (QED) is 0.475. The predicted molar refractivity (Wildman–Crippen MR) is 120 cm³/mol. The van der Waals surface area contributed by atoms with Crippen LogP contribution in [-0.2, 0) is 9.59 Å². The zero-order chi connectivity index (χ0) is 24.7. The number of nitrogens with one attached hydrogen (secondary N) is 1. The normalized spacial score (nSPS) is 15.1. The Hall–Kier alpha value is -4.53. The van der Waals surface area contributed by atoms with E-state index in [1.54, 1.807) is 26.0 Å². The van der Waals surface area contributed by atoms with Crippen molar-refractivity contribution in [3.05, 3.63) is 88.0 Å². The lowest BCUT2D eigenvalue weighted by Crippen LogP contribution is -2.54. The van der Waals surface area contributed by atoms with Crippen LogP contribution >= 0.6 is 0 Å². The third-order valence-corrected chi connectivity index (χ3v) is 5.64. The first-order chi connectivity index (χ1) is 16.1. The van der Waals surface area contributed by atoms with E-state index in [4.69, 9.17) is 0 Å². The van der Waals surface area contributed by atoms with Gasteiger partial charge in [-0.3, -0.25) is 14.9 Å². The van der Waals surface area contributed by atoms with Gasteiger partial charge in [-0.1, -0.05) is 12.1 Å². The van der Waals surface area contributed by atoms with Gasteiger partial charge in [-0.25, -0.2) is 14.1 Å². The molecule has 4 amide bonds. The molecule has 8 nitrogen and oxygen atoms in total. The lowest BCUT2D eigenvalue weighted by atomic mass is 10.1. The van der Waals surface area contributed by atoms with Crippen LogP contribution in [0.3, 0.4) is 0 Å². The summed E-state index contributed by atoms with van der Waals surface area (Å²) >= 11 is 0. The van der Waals surface area contributed by atoms with Crippen LogP contribution in [0, 0.1) is 26.6 Å². The molecular weight excluding hydrogens is 441 g/mol. The van der Waals surface area contributed by atoms with E-state index in [-0.39, 0.29) is 16.8 Å². The maximum Gasteiger partial charge on any atom is 0.335 e. The van der Waals surface area contributed by atoms with Crippen molar-refractivity contribution >= 4 is 35.6 Å². The molecule has 9 heteroatoms. The molecule has 1 saturated heterocycles. The highest BCUT2D eigenvalue weighted by atomic mass is 19.1. The van der Waals surface area contributed by atoms with Crippen LogP contribution in [0.25, 0.3) is 11.8 Å². The number of hydrogen-bond acceptors (Lipinski definition) is 5. The number of anilines is 1. The smallest absolute Gasteiger partial charge is 0.335 e. The minimum absolute atomic E-state index is 0.0169. The highest BCUT2D eigenvalue weighted by molar-refractivity contribution is 6.39. The van der Waals surface area contributed by atoms with Crippen molar-refractivity contribution in [3.8, 4) is 5.69 Å². The second-order valence-corrected chi connectivity index (χ2v) is 7.88. The number of benzene rings is 2. The molecular formula is C25H19FN3O5-. The summed E-state index contributed by atoms with van der Waals surface area (Å²) in [6.07, 6.45) is 1.37. The van der Waals surface area contributed by atoms with Gasteiger partial charge in [0, 0.05) is 17.1 Å². The second-order valence-electron chi connectivity index (χ2n) is 7.88. The largest absolute Gasteiger partial charge is 0.545 e. The van der Waals surface area contributed by atoms with Crippen molar-refractivity contribution in [2.24, 2.45) is 0 Å². The first kappa shape index (κ1) is 22.7. The van der Waals surface area contributed by atoms with E-state index in [1.165, 1.54) is 30.3 Å². The maximum absolute atomic E-state index is 13.3. The first-order valence-electron chi connectivity index (χ1n) is 10.3. The number of barbiturate groups is 1. The molecule has 0 unspecified atom stereocenters. The number of urea groups is 1. The Morgan fingerprint density at radius 1 is 1.00 bits per heavy atom. The number of amides is 4. The third-order valence-electron chi connectivity index (χ3n) is 5.64. The highest BCUT2D eigenvalue weighted by Gasteiger charge is 2.37. The summed E-state index contributed by atoms with van der Waals surface area (Å²) in [6.45, 7) is 5.39. The number of aryl methyl sites for hydroxylation is 2. The number of hydrogen-bond donors (Lipinski definition) is 1. The fourth-order valence-electron chi connectivity index (χ4n) is 3.92. The summed E-state index contributed by atoms with van der Waals surface area (Å²) in [5.74, 6) is -3.54. The molecule has 1 aromatic heterocycles. The molecule has 0 saturated carbocycles.